The number of rotatable bonds is 14. The van der Waals surface area contributed by atoms with Crippen molar-refractivity contribution in [2.75, 3.05) is 6.61 Å². The molecular weight excluding hydrogens is 426 g/mol. The number of unbranched alkanes of at least 4 members (excludes halogenated alkanes) is 8. The lowest BCUT2D eigenvalue weighted by molar-refractivity contribution is 0.00624. The summed E-state index contributed by atoms with van der Waals surface area (Å²) in [5.41, 5.74) is 1.91. The van der Waals surface area contributed by atoms with Gasteiger partial charge >= 0.3 is 0 Å². The first-order valence-corrected chi connectivity index (χ1v) is 14.4. The summed E-state index contributed by atoms with van der Waals surface area (Å²) in [5, 5.41) is 0. The van der Waals surface area contributed by atoms with Gasteiger partial charge in [0.15, 0.2) is 0 Å². The third-order valence-electron chi connectivity index (χ3n) is 8.44. The first kappa shape index (κ1) is 27.4. The standard InChI is InChI=1S/C31H48F2O/c1-2-3-4-5-6-7-8-9-10-23-34-30-21-19-29(20-22-30)28-17-15-27(16-18-28)26-13-11-25(12-14-26)24-31(32)33/h11-14,24,27-30H,2-10,15-23H2,1H3. The van der Waals surface area contributed by atoms with Gasteiger partial charge < -0.3 is 4.74 Å². The molecule has 0 aromatic heterocycles. The van der Waals surface area contributed by atoms with Crippen LogP contribution in [0.3, 0.4) is 0 Å². The molecule has 34 heavy (non-hydrogen) atoms. The Balaban J connectivity index is 1.23. The predicted molar refractivity (Wildman–Crippen MR) is 140 cm³/mol. The van der Waals surface area contributed by atoms with E-state index in [0.29, 0.717) is 17.6 Å². The topological polar surface area (TPSA) is 9.23 Å². The van der Waals surface area contributed by atoms with Crippen molar-refractivity contribution < 1.29 is 13.5 Å². The molecule has 0 spiro atoms. The van der Waals surface area contributed by atoms with Crippen molar-refractivity contribution >= 4 is 6.08 Å². The summed E-state index contributed by atoms with van der Waals surface area (Å²) in [4.78, 5) is 0. The molecule has 2 aliphatic rings. The van der Waals surface area contributed by atoms with Gasteiger partial charge in [-0.05, 0) is 86.7 Å². The second-order valence-corrected chi connectivity index (χ2v) is 10.9. The molecule has 0 N–H and O–H groups in total. The van der Waals surface area contributed by atoms with Gasteiger partial charge in [-0.2, -0.15) is 8.78 Å². The van der Waals surface area contributed by atoms with E-state index >= 15 is 0 Å². The fourth-order valence-electron chi connectivity index (χ4n) is 6.30. The lowest BCUT2D eigenvalue weighted by atomic mass is 9.69. The van der Waals surface area contributed by atoms with Gasteiger partial charge in [-0.3, -0.25) is 0 Å². The Morgan fingerprint density at radius 2 is 1.26 bits per heavy atom. The molecular formula is C31H48F2O. The fraction of sp³-hybridized carbons (Fsp3) is 0.742. The second kappa shape index (κ2) is 15.7. The van der Waals surface area contributed by atoms with Crippen LogP contribution >= 0.6 is 0 Å². The Morgan fingerprint density at radius 3 is 1.82 bits per heavy atom. The minimum Gasteiger partial charge on any atom is -0.378 e. The van der Waals surface area contributed by atoms with Crippen molar-refractivity contribution in [3.8, 4) is 0 Å². The Morgan fingerprint density at radius 1 is 0.735 bits per heavy atom. The first-order valence-electron chi connectivity index (χ1n) is 14.4. The highest BCUT2D eigenvalue weighted by atomic mass is 19.3. The average molecular weight is 475 g/mol. The Kier molecular flexibility index (Phi) is 12.6. The second-order valence-electron chi connectivity index (χ2n) is 10.9. The summed E-state index contributed by atoms with van der Waals surface area (Å²) in [7, 11) is 0. The summed E-state index contributed by atoms with van der Waals surface area (Å²) in [6, 6.07) is 7.76. The Labute approximate surface area is 207 Å². The van der Waals surface area contributed by atoms with Crippen LogP contribution in [-0.2, 0) is 4.74 Å². The number of hydrogen-bond donors (Lipinski definition) is 0. The van der Waals surface area contributed by atoms with Crippen LogP contribution < -0.4 is 0 Å². The van der Waals surface area contributed by atoms with Crippen LogP contribution in [0, 0.1) is 11.8 Å². The van der Waals surface area contributed by atoms with Gasteiger partial charge in [0.2, 0.25) is 0 Å². The molecule has 0 bridgehead atoms. The molecule has 0 atom stereocenters. The highest BCUT2D eigenvalue weighted by Crippen LogP contribution is 2.43. The molecule has 0 aliphatic heterocycles. The normalized spacial score (nSPS) is 25.3. The largest absolute Gasteiger partial charge is 0.378 e. The minimum atomic E-state index is -1.63. The molecule has 1 aromatic rings. The van der Waals surface area contributed by atoms with E-state index in [0.717, 1.165) is 24.5 Å². The fourth-order valence-corrected chi connectivity index (χ4v) is 6.30. The molecule has 2 fully saturated rings. The van der Waals surface area contributed by atoms with Crippen LogP contribution in [0.5, 0.6) is 0 Å². The van der Waals surface area contributed by atoms with E-state index in [1.807, 2.05) is 12.1 Å². The van der Waals surface area contributed by atoms with E-state index in [9.17, 15) is 8.78 Å². The summed E-state index contributed by atoms with van der Waals surface area (Å²) in [6.07, 6.45) is 22.5. The summed E-state index contributed by atoms with van der Waals surface area (Å²) >= 11 is 0. The quantitative estimate of drug-likeness (QED) is 0.244. The van der Waals surface area contributed by atoms with Crippen LogP contribution in [0.25, 0.3) is 6.08 Å². The molecule has 0 heterocycles. The number of benzene rings is 1. The molecule has 1 aromatic carbocycles. The van der Waals surface area contributed by atoms with Gasteiger partial charge in [-0.25, -0.2) is 0 Å². The van der Waals surface area contributed by atoms with Gasteiger partial charge in [0, 0.05) is 12.7 Å². The van der Waals surface area contributed by atoms with E-state index in [-0.39, 0.29) is 0 Å². The van der Waals surface area contributed by atoms with E-state index in [1.165, 1.54) is 115 Å². The van der Waals surface area contributed by atoms with Gasteiger partial charge in [0.05, 0.1) is 6.10 Å². The predicted octanol–water partition coefficient (Wildman–Crippen LogP) is 10.3. The van der Waals surface area contributed by atoms with Crippen LogP contribution in [0.4, 0.5) is 8.78 Å². The van der Waals surface area contributed by atoms with Crippen molar-refractivity contribution in [2.24, 2.45) is 11.8 Å². The van der Waals surface area contributed by atoms with Crippen LogP contribution in [0.15, 0.2) is 30.3 Å². The van der Waals surface area contributed by atoms with Crippen molar-refractivity contribution in [3.63, 3.8) is 0 Å². The maximum Gasteiger partial charge on any atom is 0.270 e. The van der Waals surface area contributed by atoms with E-state index in [1.54, 1.807) is 0 Å². The summed E-state index contributed by atoms with van der Waals surface area (Å²) < 4.78 is 31.1. The van der Waals surface area contributed by atoms with E-state index in [2.05, 4.69) is 19.1 Å². The molecule has 0 saturated heterocycles. The lowest BCUT2D eigenvalue weighted by Crippen LogP contribution is -2.28. The number of hydrogen-bond acceptors (Lipinski definition) is 1. The molecule has 1 nitrogen and oxygen atoms in total. The molecule has 0 radical (unpaired) electrons. The zero-order valence-electron chi connectivity index (χ0n) is 21.6. The molecule has 0 unspecified atom stereocenters. The maximum atomic E-state index is 12.4. The van der Waals surface area contributed by atoms with Gasteiger partial charge in [-0.1, -0.05) is 82.6 Å². The number of halogens is 2. The van der Waals surface area contributed by atoms with Crippen molar-refractivity contribution in [2.45, 2.75) is 128 Å². The SMILES string of the molecule is CCCCCCCCCCCOC1CCC(C2CCC(c3ccc(C=C(F)F)cc3)CC2)CC1. The average Bonchev–Trinajstić information content (AvgIpc) is 2.86. The first-order chi connectivity index (χ1) is 16.7. The molecule has 192 valence electrons. The maximum absolute atomic E-state index is 12.4. The van der Waals surface area contributed by atoms with Crippen LogP contribution in [-0.4, -0.2) is 12.7 Å². The summed E-state index contributed by atoms with van der Waals surface area (Å²) in [6.45, 7) is 3.24. The molecule has 3 rings (SSSR count). The van der Waals surface area contributed by atoms with Crippen LogP contribution in [0.1, 0.15) is 133 Å². The van der Waals surface area contributed by atoms with Crippen molar-refractivity contribution in [3.05, 3.63) is 41.5 Å². The third-order valence-corrected chi connectivity index (χ3v) is 8.44. The smallest absolute Gasteiger partial charge is 0.270 e. The third kappa shape index (κ3) is 9.80. The van der Waals surface area contributed by atoms with Gasteiger partial charge in [0.25, 0.3) is 6.08 Å². The van der Waals surface area contributed by atoms with Crippen LogP contribution in [0.2, 0.25) is 0 Å². The van der Waals surface area contributed by atoms with Gasteiger partial charge in [-0.15, -0.1) is 0 Å². The Hall–Kier alpha value is -1.22. The van der Waals surface area contributed by atoms with E-state index in [4.69, 9.17) is 4.74 Å². The van der Waals surface area contributed by atoms with E-state index < -0.39 is 6.08 Å². The lowest BCUT2D eigenvalue weighted by Gasteiger charge is -2.38. The Bertz CT molecular complexity index is 678. The highest BCUT2D eigenvalue weighted by molar-refractivity contribution is 5.50. The van der Waals surface area contributed by atoms with Crippen molar-refractivity contribution in [1.29, 1.82) is 0 Å². The highest BCUT2D eigenvalue weighted by Gasteiger charge is 2.31. The monoisotopic (exact) mass is 474 g/mol. The minimum absolute atomic E-state index is 0.503. The zero-order chi connectivity index (χ0) is 24.0. The summed E-state index contributed by atoms with van der Waals surface area (Å²) in [5.74, 6) is 2.35. The molecule has 2 saturated carbocycles. The van der Waals surface area contributed by atoms with Gasteiger partial charge in [0.1, 0.15) is 0 Å². The van der Waals surface area contributed by atoms with Crippen molar-refractivity contribution in [1.82, 2.24) is 0 Å². The number of ether oxygens (including phenoxy) is 1. The zero-order valence-corrected chi connectivity index (χ0v) is 21.6. The molecule has 3 heteroatoms. The molecule has 2 aliphatic carbocycles. The molecule has 0 amide bonds.